The van der Waals surface area contributed by atoms with E-state index in [9.17, 15) is 4.79 Å². The molecule has 0 aromatic rings. The predicted octanol–water partition coefficient (Wildman–Crippen LogP) is 2.19. The molecule has 1 fully saturated rings. The van der Waals surface area contributed by atoms with E-state index in [2.05, 4.69) is 17.2 Å². The lowest BCUT2D eigenvalue weighted by Gasteiger charge is -2.16. The third-order valence-electron chi connectivity index (χ3n) is 2.60. The molecule has 0 aliphatic heterocycles. The molecule has 3 heteroatoms. The van der Waals surface area contributed by atoms with Gasteiger partial charge in [0, 0.05) is 12.6 Å². The van der Waals surface area contributed by atoms with Crippen molar-refractivity contribution in [3.05, 3.63) is 12.7 Å². The van der Waals surface area contributed by atoms with Crippen molar-refractivity contribution in [3.63, 3.8) is 0 Å². The fraction of sp³-hybridized carbons (Fsp3) is 0.727. The Labute approximate surface area is 86.0 Å². The highest BCUT2D eigenvalue weighted by Gasteiger charge is 2.13. The Morgan fingerprint density at radius 3 is 2.50 bits per heavy atom. The van der Waals surface area contributed by atoms with Crippen LogP contribution in [0, 0.1) is 0 Å². The summed E-state index contributed by atoms with van der Waals surface area (Å²) in [4.78, 5) is 11.3. The zero-order valence-corrected chi connectivity index (χ0v) is 8.72. The molecule has 1 aliphatic rings. The molecule has 80 valence electrons. The van der Waals surface area contributed by atoms with E-state index in [4.69, 9.17) is 0 Å². The second-order valence-corrected chi connectivity index (χ2v) is 3.83. The van der Waals surface area contributed by atoms with Crippen LogP contribution in [0.3, 0.4) is 0 Å². The fourth-order valence-electron chi connectivity index (χ4n) is 1.82. The van der Waals surface area contributed by atoms with Gasteiger partial charge in [0.1, 0.15) is 0 Å². The fourth-order valence-corrected chi connectivity index (χ4v) is 1.82. The maximum absolute atomic E-state index is 11.3. The highest BCUT2D eigenvalue weighted by molar-refractivity contribution is 5.74. The number of hydrogen-bond acceptors (Lipinski definition) is 1. The van der Waals surface area contributed by atoms with Crippen molar-refractivity contribution in [2.24, 2.45) is 0 Å². The number of carbonyl (C=O) groups is 1. The van der Waals surface area contributed by atoms with Crippen LogP contribution in [0.4, 0.5) is 4.79 Å². The average Bonchev–Trinajstić information content (AvgIpc) is 2.43. The number of carbonyl (C=O) groups excluding carboxylic acids is 1. The van der Waals surface area contributed by atoms with Gasteiger partial charge in [-0.05, 0) is 12.8 Å². The molecule has 0 radical (unpaired) electrons. The van der Waals surface area contributed by atoms with E-state index >= 15 is 0 Å². The molecule has 0 aromatic carbocycles. The number of urea groups is 1. The second kappa shape index (κ2) is 6.46. The van der Waals surface area contributed by atoms with Crippen molar-refractivity contribution < 1.29 is 4.79 Å². The quantitative estimate of drug-likeness (QED) is 0.527. The van der Waals surface area contributed by atoms with E-state index in [1.807, 2.05) is 0 Å². The minimum Gasteiger partial charge on any atom is -0.335 e. The van der Waals surface area contributed by atoms with Crippen LogP contribution in [0.15, 0.2) is 12.7 Å². The summed E-state index contributed by atoms with van der Waals surface area (Å²) in [5, 5.41) is 5.73. The molecular formula is C11H20N2O. The van der Waals surface area contributed by atoms with Gasteiger partial charge < -0.3 is 10.6 Å². The van der Waals surface area contributed by atoms with Gasteiger partial charge in [-0.3, -0.25) is 0 Å². The number of rotatable bonds is 3. The van der Waals surface area contributed by atoms with Crippen molar-refractivity contribution in [2.45, 2.75) is 44.6 Å². The first kappa shape index (κ1) is 11.1. The van der Waals surface area contributed by atoms with Crippen molar-refractivity contribution in [2.75, 3.05) is 6.54 Å². The molecule has 2 N–H and O–H groups in total. The first-order valence-corrected chi connectivity index (χ1v) is 5.48. The number of amides is 2. The van der Waals surface area contributed by atoms with Crippen molar-refractivity contribution in [1.29, 1.82) is 0 Å². The van der Waals surface area contributed by atoms with Crippen LogP contribution >= 0.6 is 0 Å². The van der Waals surface area contributed by atoms with Gasteiger partial charge in [0.15, 0.2) is 0 Å². The normalized spacial score (nSPS) is 18.3. The third kappa shape index (κ3) is 4.30. The summed E-state index contributed by atoms with van der Waals surface area (Å²) in [5.74, 6) is 0. The lowest BCUT2D eigenvalue weighted by Crippen LogP contribution is -2.41. The van der Waals surface area contributed by atoms with Gasteiger partial charge >= 0.3 is 6.03 Å². The summed E-state index contributed by atoms with van der Waals surface area (Å²) < 4.78 is 0. The smallest absolute Gasteiger partial charge is 0.315 e. The van der Waals surface area contributed by atoms with Gasteiger partial charge in [0.2, 0.25) is 0 Å². The lowest BCUT2D eigenvalue weighted by molar-refractivity contribution is 0.236. The Morgan fingerprint density at radius 2 is 1.93 bits per heavy atom. The van der Waals surface area contributed by atoms with Crippen LogP contribution in [-0.4, -0.2) is 18.6 Å². The zero-order chi connectivity index (χ0) is 10.2. The summed E-state index contributed by atoms with van der Waals surface area (Å²) >= 11 is 0. The zero-order valence-electron chi connectivity index (χ0n) is 8.72. The van der Waals surface area contributed by atoms with E-state index in [1.165, 1.54) is 25.7 Å². The maximum Gasteiger partial charge on any atom is 0.315 e. The Bertz CT molecular complexity index is 184. The molecule has 1 saturated carbocycles. The van der Waals surface area contributed by atoms with E-state index in [0.29, 0.717) is 12.6 Å². The van der Waals surface area contributed by atoms with Crippen LogP contribution in [-0.2, 0) is 0 Å². The van der Waals surface area contributed by atoms with Gasteiger partial charge in [0.05, 0.1) is 0 Å². The standard InChI is InChI=1S/C11H20N2O/c1-2-9-12-11(14)13-10-7-5-3-4-6-8-10/h2,10H,1,3-9H2,(H2,12,13,14). The lowest BCUT2D eigenvalue weighted by atomic mass is 10.1. The molecule has 14 heavy (non-hydrogen) atoms. The van der Waals surface area contributed by atoms with E-state index in [0.717, 1.165) is 12.8 Å². The first-order chi connectivity index (χ1) is 6.83. The van der Waals surface area contributed by atoms with Gasteiger partial charge in [0.25, 0.3) is 0 Å². The molecule has 0 unspecified atom stereocenters. The second-order valence-electron chi connectivity index (χ2n) is 3.83. The predicted molar refractivity (Wildman–Crippen MR) is 58.2 cm³/mol. The Balaban J connectivity index is 2.20. The molecule has 1 rings (SSSR count). The molecule has 1 aliphatic carbocycles. The van der Waals surface area contributed by atoms with Crippen LogP contribution < -0.4 is 10.6 Å². The van der Waals surface area contributed by atoms with Gasteiger partial charge in [-0.2, -0.15) is 0 Å². The van der Waals surface area contributed by atoms with Crippen molar-refractivity contribution >= 4 is 6.03 Å². The summed E-state index contributed by atoms with van der Waals surface area (Å²) in [7, 11) is 0. The Hall–Kier alpha value is -0.990. The summed E-state index contributed by atoms with van der Waals surface area (Å²) in [6, 6.07) is 0.319. The van der Waals surface area contributed by atoms with Gasteiger partial charge in [-0.15, -0.1) is 6.58 Å². The van der Waals surface area contributed by atoms with Crippen LogP contribution in [0.5, 0.6) is 0 Å². The SMILES string of the molecule is C=CCNC(=O)NC1CCCCCC1. The Kier molecular flexibility index (Phi) is 5.12. The van der Waals surface area contributed by atoms with Crippen molar-refractivity contribution in [1.82, 2.24) is 10.6 Å². The molecular weight excluding hydrogens is 176 g/mol. The third-order valence-corrected chi connectivity index (χ3v) is 2.60. The Morgan fingerprint density at radius 1 is 1.29 bits per heavy atom. The van der Waals surface area contributed by atoms with Crippen LogP contribution in [0.1, 0.15) is 38.5 Å². The molecule has 0 spiro atoms. The number of nitrogens with one attached hydrogen (secondary N) is 2. The van der Waals surface area contributed by atoms with E-state index < -0.39 is 0 Å². The first-order valence-electron chi connectivity index (χ1n) is 5.48. The molecule has 0 saturated heterocycles. The molecule has 0 bridgehead atoms. The van der Waals surface area contributed by atoms with Crippen LogP contribution in [0.25, 0.3) is 0 Å². The van der Waals surface area contributed by atoms with E-state index in [1.54, 1.807) is 6.08 Å². The average molecular weight is 196 g/mol. The molecule has 0 heterocycles. The minimum atomic E-state index is -0.0585. The van der Waals surface area contributed by atoms with Crippen LogP contribution in [0.2, 0.25) is 0 Å². The molecule has 0 atom stereocenters. The minimum absolute atomic E-state index is 0.0585. The molecule has 0 aromatic heterocycles. The molecule has 3 nitrogen and oxygen atoms in total. The highest BCUT2D eigenvalue weighted by atomic mass is 16.2. The summed E-state index contributed by atoms with van der Waals surface area (Å²) in [5.41, 5.74) is 0. The highest BCUT2D eigenvalue weighted by Crippen LogP contribution is 2.16. The van der Waals surface area contributed by atoms with Crippen molar-refractivity contribution in [3.8, 4) is 0 Å². The van der Waals surface area contributed by atoms with E-state index in [-0.39, 0.29) is 6.03 Å². The van der Waals surface area contributed by atoms with Gasteiger partial charge in [-0.25, -0.2) is 4.79 Å². The topological polar surface area (TPSA) is 41.1 Å². The maximum atomic E-state index is 11.3. The summed E-state index contributed by atoms with van der Waals surface area (Å²) in [6.45, 7) is 4.09. The summed E-state index contributed by atoms with van der Waals surface area (Å²) in [6.07, 6.45) is 9.05. The number of hydrogen-bond donors (Lipinski definition) is 2. The monoisotopic (exact) mass is 196 g/mol. The molecule has 2 amide bonds. The van der Waals surface area contributed by atoms with Gasteiger partial charge in [-0.1, -0.05) is 31.8 Å². The largest absolute Gasteiger partial charge is 0.335 e.